The lowest BCUT2D eigenvalue weighted by Crippen LogP contribution is -2.38. The zero-order valence-electron chi connectivity index (χ0n) is 15.4. The van der Waals surface area contributed by atoms with Gasteiger partial charge in [-0.15, -0.1) is 0 Å². The van der Waals surface area contributed by atoms with Gasteiger partial charge in [-0.1, -0.05) is 12.1 Å². The van der Waals surface area contributed by atoms with Gasteiger partial charge in [-0.2, -0.15) is 0 Å². The molecule has 0 saturated carbocycles. The third kappa shape index (κ3) is 2.91. The molecular weight excluding hydrogens is 340 g/mol. The Labute approximate surface area is 157 Å². The van der Waals surface area contributed by atoms with Crippen molar-refractivity contribution in [1.82, 2.24) is 19.4 Å². The predicted molar refractivity (Wildman–Crippen MR) is 106 cm³/mol. The van der Waals surface area contributed by atoms with E-state index in [4.69, 9.17) is 19.4 Å². The maximum Gasteiger partial charge on any atom is 0.160 e. The average Bonchev–Trinajstić information content (AvgIpc) is 3.03. The number of benzene rings is 2. The fraction of sp³-hybridized carbons (Fsp3) is 0.333. The molecule has 3 heterocycles. The van der Waals surface area contributed by atoms with Crippen molar-refractivity contribution in [3.8, 4) is 5.75 Å². The number of rotatable bonds is 4. The van der Waals surface area contributed by atoms with E-state index >= 15 is 0 Å². The van der Waals surface area contributed by atoms with E-state index in [9.17, 15) is 0 Å². The molecule has 27 heavy (non-hydrogen) atoms. The van der Waals surface area contributed by atoms with Gasteiger partial charge in [0, 0.05) is 31.6 Å². The minimum absolute atomic E-state index is 0.814. The lowest BCUT2D eigenvalue weighted by atomic mass is 10.2. The second kappa shape index (κ2) is 6.79. The zero-order valence-corrected chi connectivity index (χ0v) is 15.4. The first-order chi connectivity index (χ1) is 13.3. The van der Waals surface area contributed by atoms with Gasteiger partial charge in [-0.05, 0) is 30.3 Å². The van der Waals surface area contributed by atoms with Gasteiger partial charge in [-0.25, -0.2) is 9.97 Å². The van der Waals surface area contributed by atoms with Crippen LogP contribution in [0.1, 0.15) is 0 Å². The monoisotopic (exact) mass is 362 g/mol. The third-order valence-corrected chi connectivity index (χ3v) is 5.30. The number of methoxy groups -OCH3 is 1. The molecule has 2 aromatic heterocycles. The van der Waals surface area contributed by atoms with Crippen molar-refractivity contribution in [3.63, 3.8) is 0 Å². The van der Waals surface area contributed by atoms with Gasteiger partial charge >= 0.3 is 0 Å². The van der Waals surface area contributed by atoms with E-state index in [-0.39, 0.29) is 0 Å². The Morgan fingerprint density at radius 1 is 1.00 bits per heavy atom. The third-order valence-electron chi connectivity index (χ3n) is 5.30. The molecule has 1 aliphatic rings. The molecule has 2 aromatic carbocycles. The van der Waals surface area contributed by atoms with Crippen LogP contribution in [-0.4, -0.2) is 59.4 Å². The molecule has 0 atom stereocenters. The highest BCUT2D eigenvalue weighted by atomic mass is 16.5. The Kier molecular flexibility index (Phi) is 4.14. The van der Waals surface area contributed by atoms with Crippen LogP contribution in [-0.2, 0) is 11.3 Å². The number of hydrogen-bond donors (Lipinski definition) is 0. The first-order valence-electron chi connectivity index (χ1n) is 9.36. The second-order valence-corrected chi connectivity index (χ2v) is 6.87. The molecule has 1 aliphatic heterocycles. The first kappa shape index (κ1) is 16.5. The molecule has 5 rings (SSSR count). The summed E-state index contributed by atoms with van der Waals surface area (Å²) in [6, 6.07) is 14.2. The fourth-order valence-corrected chi connectivity index (χ4v) is 3.83. The van der Waals surface area contributed by atoms with E-state index < -0.39 is 0 Å². The Balaban J connectivity index is 1.66. The van der Waals surface area contributed by atoms with Gasteiger partial charge < -0.3 is 14.0 Å². The maximum atomic E-state index is 5.47. The first-order valence-corrected chi connectivity index (χ1v) is 9.36. The van der Waals surface area contributed by atoms with Crippen molar-refractivity contribution in [1.29, 1.82) is 0 Å². The van der Waals surface area contributed by atoms with Crippen LogP contribution >= 0.6 is 0 Å². The fourth-order valence-electron chi connectivity index (χ4n) is 3.83. The van der Waals surface area contributed by atoms with E-state index in [1.54, 1.807) is 7.11 Å². The summed E-state index contributed by atoms with van der Waals surface area (Å²) >= 11 is 0. The smallest absolute Gasteiger partial charge is 0.160 e. The Morgan fingerprint density at radius 3 is 2.56 bits per heavy atom. The minimum atomic E-state index is 0.814. The molecule has 0 aliphatic carbocycles. The highest BCUT2D eigenvalue weighted by Crippen LogP contribution is 2.31. The molecule has 1 saturated heterocycles. The van der Waals surface area contributed by atoms with Gasteiger partial charge in [0.2, 0.25) is 0 Å². The molecule has 0 amide bonds. The normalized spacial score (nSPS) is 15.7. The SMILES string of the molecule is COc1ccc2c(c1)c1nc3ccccc3nc1n2CCN1CCOCC1. The number of morpholine rings is 1. The van der Waals surface area contributed by atoms with Crippen LogP contribution in [0.2, 0.25) is 0 Å². The molecule has 0 unspecified atom stereocenters. The van der Waals surface area contributed by atoms with Crippen molar-refractivity contribution >= 4 is 33.1 Å². The maximum absolute atomic E-state index is 5.47. The van der Waals surface area contributed by atoms with Crippen LogP contribution in [0.3, 0.4) is 0 Å². The Morgan fingerprint density at radius 2 is 1.78 bits per heavy atom. The number of para-hydroxylation sites is 2. The molecule has 0 bridgehead atoms. The number of aromatic nitrogens is 3. The van der Waals surface area contributed by atoms with Gasteiger partial charge in [0.1, 0.15) is 11.3 Å². The number of hydrogen-bond acceptors (Lipinski definition) is 5. The molecule has 6 heteroatoms. The van der Waals surface area contributed by atoms with Crippen LogP contribution in [0.4, 0.5) is 0 Å². The van der Waals surface area contributed by atoms with Crippen LogP contribution < -0.4 is 4.74 Å². The van der Waals surface area contributed by atoms with Crippen molar-refractivity contribution in [3.05, 3.63) is 42.5 Å². The lowest BCUT2D eigenvalue weighted by Gasteiger charge is -2.26. The van der Waals surface area contributed by atoms with Crippen molar-refractivity contribution in [2.75, 3.05) is 40.0 Å². The largest absolute Gasteiger partial charge is 0.497 e. The van der Waals surface area contributed by atoms with E-state index in [1.807, 2.05) is 30.3 Å². The summed E-state index contributed by atoms with van der Waals surface area (Å²) in [4.78, 5) is 12.3. The molecule has 0 N–H and O–H groups in total. The molecule has 6 nitrogen and oxygen atoms in total. The average molecular weight is 362 g/mol. The summed E-state index contributed by atoms with van der Waals surface area (Å²) in [6.07, 6.45) is 0. The highest BCUT2D eigenvalue weighted by molar-refractivity contribution is 6.06. The number of nitrogens with zero attached hydrogens (tertiary/aromatic N) is 4. The van der Waals surface area contributed by atoms with Crippen LogP contribution in [0.25, 0.3) is 33.1 Å². The minimum Gasteiger partial charge on any atom is -0.497 e. The summed E-state index contributed by atoms with van der Waals surface area (Å²) in [5.41, 5.74) is 4.86. The summed E-state index contributed by atoms with van der Waals surface area (Å²) < 4.78 is 13.2. The zero-order chi connectivity index (χ0) is 18.2. The highest BCUT2D eigenvalue weighted by Gasteiger charge is 2.17. The predicted octanol–water partition coefficient (Wildman–Crippen LogP) is 3.08. The summed E-state index contributed by atoms with van der Waals surface area (Å²) in [6.45, 7) is 5.45. The second-order valence-electron chi connectivity index (χ2n) is 6.87. The van der Waals surface area contributed by atoms with E-state index in [0.717, 1.165) is 78.2 Å². The Hall–Kier alpha value is -2.70. The van der Waals surface area contributed by atoms with E-state index in [0.29, 0.717) is 0 Å². The standard InChI is InChI=1S/C21H22N4O2/c1-26-15-6-7-19-16(14-15)20-21(23-18-5-3-2-4-17(18)22-20)25(19)9-8-24-10-12-27-13-11-24/h2-7,14H,8-13H2,1H3. The molecule has 0 spiro atoms. The summed E-state index contributed by atoms with van der Waals surface area (Å²) in [5, 5.41) is 1.09. The van der Waals surface area contributed by atoms with E-state index in [1.165, 1.54) is 0 Å². The molecule has 0 radical (unpaired) electrons. The topological polar surface area (TPSA) is 52.4 Å². The number of fused-ring (bicyclic) bond motifs is 4. The van der Waals surface area contributed by atoms with Crippen LogP contribution in [0, 0.1) is 0 Å². The molecule has 1 fully saturated rings. The molecule has 138 valence electrons. The summed E-state index contributed by atoms with van der Waals surface area (Å²) in [5.74, 6) is 0.838. The molecule has 4 aromatic rings. The lowest BCUT2D eigenvalue weighted by molar-refractivity contribution is 0.0366. The number of ether oxygens (including phenoxy) is 2. The van der Waals surface area contributed by atoms with Gasteiger partial charge in [-0.3, -0.25) is 4.90 Å². The van der Waals surface area contributed by atoms with E-state index in [2.05, 4.69) is 21.6 Å². The van der Waals surface area contributed by atoms with Crippen molar-refractivity contribution < 1.29 is 9.47 Å². The Bertz CT molecular complexity index is 1120. The quantitative estimate of drug-likeness (QED) is 0.558. The molecular formula is C21H22N4O2. The van der Waals surface area contributed by atoms with Crippen molar-refractivity contribution in [2.24, 2.45) is 0 Å². The van der Waals surface area contributed by atoms with Gasteiger partial charge in [0.25, 0.3) is 0 Å². The van der Waals surface area contributed by atoms with Crippen LogP contribution in [0.5, 0.6) is 5.75 Å². The van der Waals surface area contributed by atoms with Gasteiger partial charge in [0.05, 0.1) is 36.9 Å². The van der Waals surface area contributed by atoms with Gasteiger partial charge in [0.15, 0.2) is 5.65 Å². The summed E-state index contributed by atoms with van der Waals surface area (Å²) in [7, 11) is 1.69. The van der Waals surface area contributed by atoms with Crippen molar-refractivity contribution in [2.45, 2.75) is 6.54 Å². The van der Waals surface area contributed by atoms with Crippen LogP contribution in [0.15, 0.2) is 42.5 Å².